The first kappa shape index (κ1) is 9.64. The van der Waals surface area contributed by atoms with Gasteiger partial charge >= 0.3 is 0 Å². The summed E-state index contributed by atoms with van der Waals surface area (Å²) in [6, 6.07) is 0. The summed E-state index contributed by atoms with van der Waals surface area (Å²) < 4.78 is 1.90. The van der Waals surface area contributed by atoms with Gasteiger partial charge in [-0.3, -0.25) is 4.68 Å². The second kappa shape index (κ2) is 4.54. The summed E-state index contributed by atoms with van der Waals surface area (Å²) in [6.45, 7) is 3.71. The number of aromatic nitrogens is 4. The lowest BCUT2D eigenvalue weighted by molar-refractivity contribution is 0.659. The van der Waals surface area contributed by atoms with Gasteiger partial charge in [0, 0.05) is 24.8 Å². The zero-order chi connectivity index (χ0) is 10.5. The van der Waals surface area contributed by atoms with Gasteiger partial charge in [0.05, 0.1) is 24.3 Å². The van der Waals surface area contributed by atoms with E-state index in [1.54, 1.807) is 12.4 Å². The van der Waals surface area contributed by atoms with Crippen LogP contribution < -0.4 is 5.32 Å². The van der Waals surface area contributed by atoms with Crippen LogP contribution >= 0.6 is 0 Å². The van der Waals surface area contributed by atoms with E-state index in [9.17, 15) is 0 Å². The molecule has 5 heteroatoms. The molecular weight excluding hydrogens is 190 g/mol. The van der Waals surface area contributed by atoms with Crippen LogP contribution in [0.15, 0.2) is 31.1 Å². The lowest BCUT2D eigenvalue weighted by Crippen LogP contribution is -1.99. The van der Waals surface area contributed by atoms with Crippen LogP contribution in [0.2, 0.25) is 0 Å². The molecule has 2 heterocycles. The van der Waals surface area contributed by atoms with Gasteiger partial charge in [-0.15, -0.1) is 0 Å². The minimum Gasteiger partial charge on any atom is -0.378 e. The molecule has 2 aromatic rings. The monoisotopic (exact) mass is 203 g/mol. The molecule has 0 fully saturated rings. The van der Waals surface area contributed by atoms with Crippen LogP contribution in [0.5, 0.6) is 0 Å². The highest BCUT2D eigenvalue weighted by molar-refractivity contribution is 5.37. The van der Waals surface area contributed by atoms with Crippen molar-refractivity contribution in [2.24, 2.45) is 0 Å². The Bertz CT molecular complexity index is 409. The molecule has 0 aromatic carbocycles. The second-order valence-electron chi connectivity index (χ2n) is 3.18. The minimum absolute atomic E-state index is 0.743. The number of hydrogen-bond acceptors (Lipinski definition) is 4. The molecule has 0 spiro atoms. The smallest absolute Gasteiger partial charge is 0.115 e. The average Bonchev–Trinajstić information content (AvgIpc) is 2.76. The molecule has 0 aliphatic heterocycles. The number of hydrogen-bond donors (Lipinski definition) is 1. The third kappa shape index (κ3) is 2.52. The molecule has 0 amide bonds. The van der Waals surface area contributed by atoms with Crippen molar-refractivity contribution >= 4 is 5.69 Å². The molecule has 0 radical (unpaired) electrons. The van der Waals surface area contributed by atoms with E-state index in [1.165, 1.54) is 6.33 Å². The highest BCUT2D eigenvalue weighted by Gasteiger charge is 1.97. The summed E-state index contributed by atoms with van der Waals surface area (Å²) in [7, 11) is 0. The second-order valence-corrected chi connectivity index (χ2v) is 3.18. The van der Waals surface area contributed by atoms with Crippen LogP contribution in [0.4, 0.5) is 5.69 Å². The Balaban J connectivity index is 1.93. The van der Waals surface area contributed by atoms with Crippen molar-refractivity contribution in [3.05, 3.63) is 36.7 Å². The van der Waals surface area contributed by atoms with Crippen molar-refractivity contribution in [2.45, 2.75) is 20.0 Å². The van der Waals surface area contributed by atoms with Gasteiger partial charge in [-0.2, -0.15) is 5.10 Å². The van der Waals surface area contributed by atoms with E-state index in [2.05, 4.69) is 27.3 Å². The van der Waals surface area contributed by atoms with Gasteiger partial charge in [-0.25, -0.2) is 9.97 Å². The Morgan fingerprint density at radius 3 is 2.73 bits per heavy atom. The number of aryl methyl sites for hydroxylation is 1. The largest absolute Gasteiger partial charge is 0.378 e. The maximum atomic E-state index is 4.19. The Kier molecular flexibility index (Phi) is 2.92. The fourth-order valence-corrected chi connectivity index (χ4v) is 1.27. The molecule has 15 heavy (non-hydrogen) atoms. The Morgan fingerprint density at radius 2 is 2.07 bits per heavy atom. The molecule has 2 rings (SSSR count). The molecule has 0 aliphatic carbocycles. The average molecular weight is 203 g/mol. The summed E-state index contributed by atoms with van der Waals surface area (Å²) >= 11 is 0. The summed E-state index contributed by atoms with van der Waals surface area (Å²) in [5, 5.41) is 7.41. The number of rotatable bonds is 4. The molecule has 0 atom stereocenters. The van der Waals surface area contributed by atoms with Gasteiger partial charge in [-0.1, -0.05) is 0 Å². The predicted octanol–water partition coefficient (Wildman–Crippen LogP) is 1.31. The first-order chi connectivity index (χ1) is 7.38. The van der Waals surface area contributed by atoms with Gasteiger partial charge in [0.1, 0.15) is 6.33 Å². The van der Waals surface area contributed by atoms with Crippen LogP contribution in [-0.2, 0) is 13.1 Å². The lowest BCUT2D eigenvalue weighted by Gasteiger charge is -2.01. The fraction of sp³-hybridized carbons (Fsp3) is 0.300. The van der Waals surface area contributed by atoms with E-state index < -0.39 is 0 Å². The van der Waals surface area contributed by atoms with Crippen LogP contribution in [0.25, 0.3) is 0 Å². The van der Waals surface area contributed by atoms with Gasteiger partial charge in [0.25, 0.3) is 0 Å². The number of anilines is 1. The molecule has 0 aliphatic rings. The van der Waals surface area contributed by atoms with Crippen LogP contribution in [-0.4, -0.2) is 19.7 Å². The number of nitrogens with one attached hydrogen (secondary N) is 1. The summed E-state index contributed by atoms with van der Waals surface area (Å²) in [4.78, 5) is 7.85. The molecule has 0 unspecified atom stereocenters. The topological polar surface area (TPSA) is 55.6 Å². The van der Waals surface area contributed by atoms with Crippen LogP contribution in [0, 0.1) is 0 Å². The summed E-state index contributed by atoms with van der Waals surface area (Å²) in [5.41, 5.74) is 2.07. The SMILES string of the molecule is CCn1cc(CNc2cncnc2)cn1. The Labute approximate surface area is 88.2 Å². The highest BCUT2D eigenvalue weighted by atomic mass is 15.3. The van der Waals surface area contributed by atoms with E-state index in [0.29, 0.717) is 0 Å². The lowest BCUT2D eigenvalue weighted by atomic mass is 10.3. The Morgan fingerprint density at radius 1 is 1.27 bits per heavy atom. The third-order valence-corrected chi connectivity index (χ3v) is 2.07. The third-order valence-electron chi connectivity index (χ3n) is 2.07. The molecule has 5 nitrogen and oxygen atoms in total. The van der Waals surface area contributed by atoms with Crippen molar-refractivity contribution in [1.82, 2.24) is 19.7 Å². The fourth-order valence-electron chi connectivity index (χ4n) is 1.27. The normalized spacial score (nSPS) is 10.2. The van der Waals surface area contributed by atoms with Crippen molar-refractivity contribution in [2.75, 3.05) is 5.32 Å². The summed E-state index contributed by atoms with van der Waals surface area (Å²) in [5.74, 6) is 0. The van der Waals surface area contributed by atoms with E-state index >= 15 is 0 Å². The van der Waals surface area contributed by atoms with Gasteiger partial charge in [0.15, 0.2) is 0 Å². The van der Waals surface area contributed by atoms with Gasteiger partial charge in [0.2, 0.25) is 0 Å². The molecular formula is C10H13N5. The van der Waals surface area contributed by atoms with Crippen molar-refractivity contribution in [1.29, 1.82) is 0 Å². The van der Waals surface area contributed by atoms with Gasteiger partial charge in [-0.05, 0) is 6.92 Å². The maximum Gasteiger partial charge on any atom is 0.115 e. The standard InChI is InChI=1S/C10H13N5/c1-2-15-7-9(4-14-15)3-13-10-5-11-8-12-6-10/h4-8,13H,2-3H2,1H3. The van der Waals surface area contributed by atoms with E-state index in [4.69, 9.17) is 0 Å². The van der Waals surface area contributed by atoms with Gasteiger partial charge < -0.3 is 5.32 Å². The quantitative estimate of drug-likeness (QED) is 0.813. The van der Waals surface area contributed by atoms with E-state index in [0.717, 1.165) is 24.3 Å². The minimum atomic E-state index is 0.743. The first-order valence-electron chi connectivity index (χ1n) is 4.88. The molecule has 0 saturated carbocycles. The van der Waals surface area contributed by atoms with E-state index in [1.807, 2.05) is 17.1 Å². The van der Waals surface area contributed by atoms with E-state index in [-0.39, 0.29) is 0 Å². The van der Waals surface area contributed by atoms with Crippen molar-refractivity contribution in [3.63, 3.8) is 0 Å². The molecule has 78 valence electrons. The first-order valence-corrected chi connectivity index (χ1v) is 4.88. The van der Waals surface area contributed by atoms with Crippen molar-refractivity contribution in [3.8, 4) is 0 Å². The number of nitrogens with zero attached hydrogens (tertiary/aromatic N) is 4. The zero-order valence-corrected chi connectivity index (χ0v) is 8.59. The maximum absolute atomic E-state index is 4.19. The Hall–Kier alpha value is -1.91. The highest BCUT2D eigenvalue weighted by Crippen LogP contribution is 2.04. The molecule has 0 bridgehead atoms. The van der Waals surface area contributed by atoms with Crippen LogP contribution in [0.3, 0.4) is 0 Å². The zero-order valence-electron chi connectivity index (χ0n) is 8.59. The summed E-state index contributed by atoms with van der Waals surface area (Å²) in [6.07, 6.45) is 8.89. The molecule has 0 saturated heterocycles. The van der Waals surface area contributed by atoms with Crippen LogP contribution in [0.1, 0.15) is 12.5 Å². The van der Waals surface area contributed by atoms with Crippen molar-refractivity contribution < 1.29 is 0 Å². The molecule has 2 aromatic heterocycles. The predicted molar refractivity (Wildman–Crippen MR) is 57.3 cm³/mol. The molecule has 1 N–H and O–H groups in total.